The zero-order valence-corrected chi connectivity index (χ0v) is 13.0. The Bertz CT molecular complexity index is 753. The first-order chi connectivity index (χ1) is 11.3. The molecule has 0 radical (unpaired) electrons. The van der Waals surface area contributed by atoms with E-state index in [2.05, 4.69) is 29.6 Å². The van der Waals surface area contributed by atoms with Gasteiger partial charge in [-0.2, -0.15) is 0 Å². The normalized spacial score (nSPS) is 15.3. The number of hydrogen-bond acceptors (Lipinski definition) is 3. The summed E-state index contributed by atoms with van der Waals surface area (Å²) in [6.07, 6.45) is -0.247. The van der Waals surface area contributed by atoms with Gasteiger partial charge in [0.15, 0.2) is 0 Å². The Labute approximate surface area is 135 Å². The van der Waals surface area contributed by atoms with Crippen molar-refractivity contribution in [3.05, 3.63) is 59.7 Å². The SMILES string of the molecule is CCOC(=O)N1CC2=C(C1)c1ccccc1Nc1ccccc12. The van der Waals surface area contributed by atoms with Crippen LogP contribution in [-0.4, -0.2) is 30.7 Å². The number of carbonyl (C=O) groups excluding carboxylic acids is 1. The molecule has 0 atom stereocenters. The molecule has 1 N–H and O–H groups in total. The van der Waals surface area contributed by atoms with Crippen LogP contribution >= 0.6 is 0 Å². The van der Waals surface area contributed by atoms with Gasteiger partial charge in [-0.25, -0.2) is 4.79 Å². The highest BCUT2D eigenvalue weighted by Gasteiger charge is 2.31. The summed E-state index contributed by atoms with van der Waals surface area (Å²) in [5, 5.41) is 3.52. The number of nitrogens with zero attached hydrogens (tertiary/aromatic N) is 1. The maximum atomic E-state index is 12.2. The Morgan fingerprint density at radius 3 is 2.04 bits per heavy atom. The molecule has 4 nitrogen and oxygen atoms in total. The zero-order valence-electron chi connectivity index (χ0n) is 13.0. The predicted molar refractivity (Wildman–Crippen MR) is 91.6 cm³/mol. The van der Waals surface area contributed by atoms with Gasteiger partial charge in [0.1, 0.15) is 0 Å². The second kappa shape index (κ2) is 5.47. The molecule has 2 aliphatic heterocycles. The molecule has 0 aliphatic carbocycles. The van der Waals surface area contributed by atoms with Crippen LogP contribution in [0.2, 0.25) is 0 Å². The first-order valence-electron chi connectivity index (χ1n) is 7.87. The summed E-state index contributed by atoms with van der Waals surface area (Å²) in [4.78, 5) is 13.9. The second-order valence-corrected chi connectivity index (χ2v) is 5.73. The zero-order chi connectivity index (χ0) is 15.8. The number of amides is 1. The van der Waals surface area contributed by atoms with E-state index in [4.69, 9.17) is 4.74 Å². The van der Waals surface area contributed by atoms with Gasteiger partial charge in [-0.1, -0.05) is 36.4 Å². The van der Waals surface area contributed by atoms with Crippen molar-refractivity contribution >= 4 is 28.6 Å². The van der Waals surface area contributed by atoms with Crippen LogP contribution in [0.4, 0.5) is 16.2 Å². The maximum Gasteiger partial charge on any atom is 0.410 e. The number of fused-ring (bicyclic) bond motifs is 4. The van der Waals surface area contributed by atoms with Crippen molar-refractivity contribution < 1.29 is 9.53 Å². The third kappa shape index (κ3) is 2.27. The van der Waals surface area contributed by atoms with Gasteiger partial charge in [-0.05, 0) is 30.2 Å². The van der Waals surface area contributed by atoms with Gasteiger partial charge in [0, 0.05) is 22.5 Å². The number of nitrogens with one attached hydrogen (secondary N) is 1. The fraction of sp³-hybridized carbons (Fsp3) is 0.211. The average molecular weight is 306 g/mol. The first-order valence-corrected chi connectivity index (χ1v) is 7.87. The predicted octanol–water partition coefficient (Wildman–Crippen LogP) is 4.13. The number of hydrogen-bond donors (Lipinski definition) is 1. The lowest BCUT2D eigenvalue weighted by molar-refractivity contribution is 0.118. The van der Waals surface area contributed by atoms with E-state index in [-0.39, 0.29) is 6.09 Å². The third-order valence-electron chi connectivity index (χ3n) is 4.36. The van der Waals surface area contributed by atoms with Crippen LogP contribution in [0.1, 0.15) is 18.1 Å². The Hall–Kier alpha value is -2.75. The van der Waals surface area contributed by atoms with Crippen LogP contribution in [0.3, 0.4) is 0 Å². The number of carbonyl (C=O) groups is 1. The van der Waals surface area contributed by atoms with Gasteiger partial charge in [0.05, 0.1) is 19.7 Å². The van der Waals surface area contributed by atoms with Gasteiger partial charge < -0.3 is 10.1 Å². The monoisotopic (exact) mass is 306 g/mol. The summed E-state index contributed by atoms with van der Waals surface area (Å²) in [5.74, 6) is 0. The van der Waals surface area contributed by atoms with Crippen molar-refractivity contribution in [3.63, 3.8) is 0 Å². The van der Waals surface area contributed by atoms with Crippen LogP contribution in [0, 0.1) is 0 Å². The van der Waals surface area contributed by atoms with Gasteiger partial charge in [0.25, 0.3) is 0 Å². The van der Waals surface area contributed by atoms with E-state index in [0.29, 0.717) is 19.7 Å². The number of para-hydroxylation sites is 2. The number of rotatable bonds is 1. The molecule has 2 aromatic rings. The molecule has 4 rings (SSSR count). The van der Waals surface area contributed by atoms with Gasteiger partial charge in [-0.15, -0.1) is 0 Å². The van der Waals surface area contributed by atoms with E-state index in [1.54, 1.807) is 4.90 Å². The molecule has 0 saturated heterocycles. The first kappa shape index (κ1) is 13.9. The van der Waals surface area contributed by atoms with Gasteiger partial charge >= 0.3 is 6.09 Å². The van der Waals surface area contributed by atoms with E-state index >= 15 is 0 Å². The summed E-state index contributed by atoms with van der Waals surface area (Å²) in [6.45, 7) is 3.40. The van der Waals surface area contributed by atoms with Crippen molar-refractivity contribution in [3.8, 4) is 0 Å². The van der Waals surface area contributed by atoms with Gasteiger partial charge in [-0.3, -0.25) is 4.90 Å². The smallest absolute Gasteiger partial charge is 0.410 e. The molecule has 0 aromatic heterocycles. The van der Waals surface area contributed by atoms with Crippen LogP contribution in [-0.2, 0) is 4.74 Å². The molecular weight excluding hydrogens is 288 g/mol. The van der Waals surface area contributed by atoms with Crippen molar-refractivity contribution in [2.75, 3.05) is 25.0 Å². The molecule has 0 bridgehead atoms. The van der Waals surface area contributed by atoms with Crippen LogP contribution in [0.5, 0.6) is 0 Å². The van der Waals surface area contributed by atoms with Crippen molar-refractivity contribution in [1.82, 2.24) is 4.90 Å². The molecule has 0 fully saturated rings. The Kier molecular flexibility index (Phi) is 3.30. The Morgan fingerprint density at radius 1 is 1.00 bits per heavy atom. The lowest BCUT2D eigenvalue weighted by Gasteiger charge is -2.18. The molecule has 0 spiro atoms. The van der Waals surface area contributed by atoms with Crippen molar-refractivity contribution in [1.29, 1.82) is 0 Å². The highest BCUT2D eigenvalue weighted by molar-refractivity contribution is 6.04. The molecule has 0 unspecified atom stereocenters. The van der Waals surface area contributed by atoms with Crippen LogP contribution < -0.4 is 5.32 Å². The topological polar surface area (TPSA) is 41.6 Å². The highest BCUT2D eigenvalue weighted by Crippen LogP contribution is 2.43. The summed E-state index contributed by atoms with van der Waals surface area (Å²) >= 11 is 0. The van der Waals surface area contributed by atoms with Crippen LogP contribution in [0.25, 0.3) is 11.1 Å². The summed E-state index contributed by atoms with van der Waals surface area (Å²) in [5.41, 5.74) is 6.87. The minimum Gasteiger partial charge on any atom is -0.450 e. The minimum atomic E-state index is -0.247. The fourth-order valence-corrected chi connectivity index (χ4v) is 3.32. The van der Waals surface area contributed by atoms with E-state index in [1.807, 2.05) is 31.2 Å². The molecule has 2 aromatic carbocycles. The molecule has 4 heteroatoms. The lowest BCUT2D eigenvalue weighted by atomic mass is 9.97. The van der Waals surface area contributed by atoms with Gasteiger partial charge in [0.2, 0.25) is 0 Å². The fourth-order valence-electron chi connectivity index (χ4n) is 3.32. The van der Waals surface area contributed by atoms with E-state index in [9.17, 15) is 4.79 Å². The summed E-state index contributed by atoms with van der Waals surface area (Å²) in [6, 6.07) is 16.5. The minimum absolute atomic E-state index is 0.247. The summed E-state index contributed by atoms with van der Waals surface area (Å²) < 4.78 is 5.18. The number of benzene rings is 2. The Balaban J connectivity index is 1.83. The van der Waals surface area contributed by atoms with Crippen LogP contribution in [0.15, 0.2) is 48.5 Å². The largest absolute Gasteiger partial charge is 0.450 e. The highest BCUT2D eigenvalue weighted by atomic mass is 16.6. The van der Waals surface area contributed by atoms with E-state index < -0.39 is 0 Å². The quantitative estimate of drug-likeness (QED) is 0.861. The maximum absolute atomic E-state index is 12.2. The molecule has 2 aliphatic rings. The molecule has 0 saturated carbocycles. The number of ether oxygens (including phenoxy) is 1. The molecule has 2 heterocycles. The second-order valence-electron chi connectivity index (χ2n) is 5.73. The van der Waals surface area contributed by atoms with E-state index in [1.165, 1.54) is 11.1 Å². The molecule has 23 heavy (non-hydrogen) atoms. The van der Waals surface area contributed by atoms with E-state index in [0.717, 1.165) is 22.5 Å². The summed E-state index contributed by atoms with van der Waals surface area (Å²) in [7, 11) is 0. The average Bonchev–Trinajstić information content (AvgIpc) is 2.96. The third-order valence-corrected chi connectivity index (χ3v) is 4.36. The molecule has 116 valence electrons. The molecule has 1 amide bonds. The molecular formula is C19H18N2O2. The Morgan fingerprint density at radius 2 is 1.52 bits per heavy atom. The van der Waals surface area contributed by atoms with Crippen molar-refractivity contribution in [2.45, 2.75) is 6.92 Å². The lowest BCUT2D eigenvalue weighted by Crippen LogP contribution is -2.30. The van der Waals surface area contributed by atoms with Crippen molar-refractivity contribution in [2.24, 2.45) is 0 Å². The standard InChI is InChI=1S/C19H18N2O2/c1-2-23-19(22)21-11-15-13-7-3-5-9-17(13)20-18-10-6-4-8-14(18)16(15)12-21/h3-10,20H,2,11-12H2,1H3. The number of anilines is 2.